The lowest BCUT2D eigenvalue weighted by molar-refractivity contribution is -0.150. The molecule has 4 heteroatoms. The van der Waals surface area contributed by atoms with Crippen LogP contribution in [0.1, 0.15) is 61.3 Å². The minimum Gasteiger partial charge on any atom is -0.457 e. The molecule has 0 aliphatic heterocycles. The van der Waals surface area contributed by atoms with Crippen molar-refractivity contribution in [3.63, 3.8) is 0 Å². The monoisotopic (exact) mass is 294 g/mol. The topological polar surface area (TPSA) is 52.6 Å². The van der Waals surface area contributed by atoms with Crippen LogP contribution in [0.2, 0.25) is 0 Å². The Hall–Kier alpha value is -1.58. The lowest BCUT2D eigenvalue weighted by Crippen LogP contribution is -2.26. The summed E-state index contributed by atoms with van der Waals surface area (Å²) < 4.78 is 10.8. The van der Waals surface area contributed by atoms with Crippen LogP contribution in [0.5, 0.6) is 0 Å². The fourth-order valence-electron chi connectivity index (χ4n) is 1.80. The van der Waals surface area contributed by atoms with Crippen molar-refractivity contribution < 1.29 is 19.1 Å². The van der Waals surface area contributed by atoms with E-state index in [1.807, 2.05) is 48.5 Å². The minimum atomic E-state index is -0.538. The van der Waals surface area contributed by atoms with Gasteiger partial charge in [-0.15, -0.1) is 0 Å². The summed E-state index contributed by atoms with van der Waals surface area (Å²) in [6.45, 7) is 12.8. The number of esters is 2. The molecule has 1 rings (SSSR count). The molecule has 1 aliphatic rings. The molecule has 0 aromatic heterocycles. The van der Waals surface area contributed by atoms with Gasteiger partial charge in [0.05, 0.1) is 5.41 Å². The first-order valence-electron chi connectivity index (χ1n) is 7.26. The zero-order valence-electron chi connectivity index (χ0n) is 14.1. The molecule has 0 amide bonds. The van der Waals surface area contributed by atoms with Crippen LogP contribution in [0.25, 0.3) is 0 Å². The summed E-state index contributed by atoms with van der Waals surface area (Å²) in [5, 5.41) is 0. The maximum Gasteiger partial charge on any atom is 0.334 e. The highest BCUT2D eigenvalue weighted by atomic mass is 16.6. The zero-order valence-corrected chi connectivity index (χ0v) is 14.1. The third-order valence-corrected chi connectivity index (χ3v) is 2.96. The van der Waals surface area contributed by atoms with Crippen molar-refractivity contribution in [3.8, 4) is 0 Å². The quantitative estimate of drug-likeness (QED) is 0.724. The van der Waals surface area contributed by atoms with Crippen LogP contribution in [0.15, 0.2) is 23.0 Å². The Bertz CT molecular complexity index is 496. The smallest absolute Gasteiger partial charge is 0.334 e. The van der Waals surface area contributed by atoms with Gasteiger partial charge >= 0.3 is 11.9 Å². The summed E-state index contributed by atoms with van der Waals surface area (Å²) in [5.41, 5.74) is 0.407. The second-order valence-corrected chi connectivity index (χ2v) is 7.41. The van der Waals surface area contributed by atoms with Crippen LogP contribution in [-0.4, -0.2) is 17.5 Å². The van der Waals surface area contributed by atoms with E-state index in [9.17, 15) is 9.59 Å². The van der Waals surface area contributed by atoms with Crippen LogP contribution < -0.4 is 0 Å². The molecule has 0 unspecified atom stereocenters. The van der Waals surface area contributed by atoms with Gasteiger partial charge in [-0.3, -0.25) is 4.79 Å². The van der Waals surface area contributed by atoms with Gasteiger partial charge in [0, 0.05) is 12.0 Å². The number of rotatable bonds is 2. The Morgan fingerprint density at radius 2 is 1.62 bits per heavy atom. The van der Waals surface area contributed by atoms with E-state index in [1.54, 1.807) is 6.08 Å². The van der Waals surface area contributed by atoms with E-state index < -0.39 is 11.0 Å². The molecule has 0 fully saturated rings. The lowest BCUT2D eigenvalue weighted by atomic mass is 9.95. The molecule has 1 aliphatic carbocycles. The van der Waals surface area contributed by atoms with Gasteiger partial charge in [-0.2, -0.15) is 0 Å². The van der Waals surface area contributed by atoms with Gasteiger partial charge in [0.2, 0.25) is 0 Å². The molecule has 0 bridgehead atoms. The number of carbonyl (C=O) groups is 2. The Kier molecular flexibility index (Phi) is 5.03. The van der Waals surface area contributed by atoms with Crippen molar-refractivity contribution in [1.82, 2.24) is 0 Å². The predicted octanol–water partition coefficient (Wildman–Crippen LogP) is 3.91. The fourth-order valence-corrected chi connectivity index (χ4v) is 1.80. The minimum absolute atomic E-state index is 0.262. The van der Waals surface area contributed by atoms with Gasteiger partial charge in [-0.05, 0) is 66.5 Å². The highest BCUT2D eigenvalue weighted by molar-refractivity contribution is 5.90. The number of ether oxygens (including phenoxy) is 2. The SMILES string of the molecule is CC1=C(C(=O)OC(C)(C)C)CCC(OC(=O)C(C)(C)C)=C1. The van der Waals surface area contributed by atoms with E-state index in [1.165, 1.54) is 0 Å². The average molecular weight is 294 g/mol. The molecule has 0 radical (unpaired) electrons. The third kappa shape index (κ3) is 5.37. The first-order valence-corrected chi connectivity index (χ1v) is 7.26. The highest BCUT2D eigenvalue weighted by Gasteiger charge is 2.27. The van der Waals surface area contributed by atoms with Crippen LogP contribution >= 0.6 is 0 Å². The molecule has 0 saturated heterocycles. The van der Waals surface area contributed by atoms with Gasteiger partial charge in [0.25, 0.3) is 0 Å². The van der Waals surface area contributed by atoms with Crippen molar-refractivity contribution in [2.45, 2.75) is 66.9 Å². The third-order valence-electron chi connectivity index (χ3n) is 2.96. The second kappa shape index (κ2) is 6.04. The van der Waals surface area contributed by atoms with E-state index >= 15 is 0 Å². The molecule has 0 heterocycles. The van der Waals surface area contributed by atoms with Crippen LogP contribution in [-0.2, 0) is 19.1 Å². The lowest BCUT2D eigenvalue weighted by Gasteiger charge is -2.24. The molecule has 0 aromatic rings. The summed E-state index contributed by atoms with van der Waals surface area (Å²) in [4.78, 5) is 24.0. The van der Waals surface area contributed by atoms with Gasteiger partial charge in [0.1, 0.15) is 11.4 Å². The van der Waals surface area contributed by atoms with Crippen molar-refractivity contribution in [1.29, 1.82) is 0 Å². The van der Waals surface area contributed by atoms with Crippen molar-refractivity contribution >= 4 is 11.9 Å². The van der Waals surface area contributed by atoms with E-state index in [2.05, 4.69) is 0 Å². The number of carbonyl (C=O) groups excluding carboxylic acids is 2. The van der Waals surface area contributed by atoms with E-state index in [0.717, 1.165) is 5.57 Å². The average Bonchev–Trinajstić information content (AvgIpc) is 2.24. The Labute approximate surface area is 127 Å². The van der Waals surface area contributed by atoms with Gasteiger partial charge in [0.15, 0.2) is 0 Å². The van der Waals surface area contributed by atoms with Crippen molar-refractivity contribution in [2.24, 2.45) is 5.41 Å². The van der Waals surface area contributed by atoms with E-state index in [0.29, 0.717) is 24.2 Å². The van der Waals surface area contributed by atoms with Gasteiger partial charge < -0.3 is 9.47 Å². The molecule has 0 N–H and O–H groups in total. The summed E-state index contributed by atoms with van der Waals surface area (Å²) in [7, 11) is 0. The van der Waals surface area contributed by atoms with Crippen molar-refractivity contribution in [2.75, 3.05) is 0 Å². The summed E-state index contributed by atoms with van der Waals surface area (Å²) in [6.07, 6.45) is 2.82. The van der Waals surface area contributed by atoms with Crippen LogP contribution in [0, 0.1) is 5.41 Å². The Morgan fingerprint density at radius 3 is 2.05 bits per heavy atom. The summed E-state index contributed by atoms with van der Waals surface area (Å²) >= 11 is 0. The molecule has 21 heavy (non-hydrogen) atoms. The molecule has 0 saturated carbocycles. The molecule has 0 aromatic carbocycles. The Morgan fingerprint density at radius 1 is 1.05 bits per heavy atom. The second-order valence-electron chi connectivity index (χ2n) is 7.41. The van der Waals surface area contributed by atoms with Gasteiger partial charge in [-0.1, -0.05) is 0 Å². The molecule has 118 valence electrons. The highest BCUT2D eigenvalue weighted by Crippen LogP contribution is 2.28. The summed E-state index contributed by atoms with van der Waals surface area (Å²) in [5.74, 6) is 0.0550. The first-order chi connectivity index (χ1) is 9.40. The van der Waals surface area contributed by atoms with E-state index in [4.69, 9.17) is 9.47 Å². The predicted molar refractivity (Wildman–Crippen MR) is 81.4 cm³/mol. The fraction of sp³-hybridized carbons (Fsp3) is 0.647. The number of hydrogen-bond acceptors (Lipinski definition) is 4. The molecule has 0 spiro atoms. The molecule has 4 nitrogen and oxygen atoms in total. The maximum absolute atomic E-state index is 12.1. The van der Waals surface area contributed by atoms with Crippen LogP contribution in [0.3, 0.4) is 0 Å². The standard InChI is InChI=1S/C17H26O4/c1-11-10-12(20-15(19)16(2,3)4)8-9-13(11)14(18)21-17(5,6)7/h10H,8-9H2,1-7H3. The number of hydrogen-bond donors (Lipinski definition) is 0. The maximum atomic E-state index is 12.1. The Balaban J connectivity index is 2.83. The summed E-state index contributed by atoms with van der Waals surface area (Å²) in [6, 6.07) is 0. The van der Waals surface area contributed by atoms with Crippen molar-refractivity contribution in [3.05, 3.63) is 23.0 Å². The van der Waals surface area contributed by atoms with E-state index in [-0.39, 0.29) is 11.9 Å². The van der Waals surface area contributed by atoms with Crippen LogP contribution in [0.4, 0.5) is 0 Å². The molecular weight excluding hydrogens is 268 g/mol. The largest absolute Gasteiger partial charge is 0.457 e. The molecular formula is C17H26O4. The van der Waals surface area contributed by atoms with Gasteiger partial charge in [-0.25, -0.2) is 4.79 Å². The number of allylic oxidation sites excluding steroid dienone is 3. The molecule has 0 atom stereocenters. The normalized spacial score (nSPS) is 16.4. The zero-order chi connectivity index (χ0) is 16.4. The first kappa shape index (κ1) is 17.5.